The smallest absolute Gasteiger partial charge is 0.255 e. The minimum atomic E-state index is -0.294. The number of ether oxygens (including phenoxy) is 2. The van der Waals surface area contributed by atoms with Gasteiger partial charge >= 0.3 is 0 Å². The highest BCUT2D eigenvalue weighted by atomic mass is 35.5. The predicted octanol–water partition coefficient (Wildman–Crippen LogP) is 3.88. The van der Waals surface area contributed by atoms with Gasteiger partial charge in [-0.2, -0.15) is 0 Å². The van der Waals surface area contributed by atoms with Gasteiger partial charge in [0.25, 0.3) is 5.91 Å². The maximum atomic E-state index is 12.6. The zero-order chi connectivity index (χ0) is 18.8. The molecule has 2 aromatic carbocycles. The van der Waals surface area contributed by atoms with Crippen molar-refractivity contribution in [3.8, 4) is 11.5 Å². The second-order valence-corrected chi connectivity index (χ2v) is 6.89. The molecule has 7 heteroatoms. The molecule has 1 fully saturated rings. The van der Waals surface area contributed by atoms with Crippen molar-refractivity contribution in [2.45, 2.75) is 19.3 Å². The number of anilines is 2. The lowest BCUT2D eigenvalue weighted by Crippen LogP contribution is -2.23. The number of benzene rings is 2. The van der Waals surface area contributed by atoms with E-state index in [2.05, 4.69) is 5.32 Å². The summed E-state index contributed by atoms with van der Waals surface area (Å²) in [6, 6.07) is 10.4. The molecular weight excluding hydrogens is 368 g/mol. The summed E-state index contributed by atoms with van der Waals surface area (Å²) in [7, 11) is 0. The van der Waals surface area contributed by atoms with E-state index in [9.17, 15) is 9.59 Å². The topological polar surface area (TPSA) is 67.9 Å². The molecule has 2 aliphatic heterocycles. The Morgan fingerprint density at radius 2 is 1.85 bits per heavy atom. The van der Waals surface area contributed by atoms with E-state index in [4.69, 9.17) is 21.1 Å². The number of hydrogen-bond donors (Lipinski definition) is 1. The number of nitrogens with one attached hydrogen (secondary N) is 1. The van der Waals surface area contributed by atoms with Crippen LogP contribution in [0.15, 0.2) is 36.4 Å². The Morgan fingerprint density at radius 1 is 1.07 bits per heavy atom. The van der Waals surface area contributed by atoms with Gasteiger partial charge in [0.05, 0.1) is 18.2 Å². The summed E-state index contributed by atoms with van der Waals surface area (Å²) in [5.74, 6) is 0.796. The van der Waals surface area contributed by atoms with Crippen LogP contribution >= 0.6 is 11.6 Å². The first-order valence-electron chi connectivity index (χ1n) is 8.93. The Balaban J connectivity index is 1.50. The molecule has 0 atom stereocenters. The van der Waals surface area contributed by atoms with Gasteiger partial charge in [-0.1, -0.05) is 11.6 Å². The van der Waals surface area contributed by atoms with Gasteiger partial charge in [0.2, 0.25) is 5.91 Å². The van der Waals surface area contributed by atoms with Gasteiger partial charge in [0, 0.05) is 36.3 Å². The molecule has 0 spiro atoms. The van der Waals surface area contributed by atoms with Crippen LogP contribution in [0.4, 0.5) is 11.4 Å². The van der Waals surface area contributed by atoms with Crippen LogP contribution in [-0.2, 0) is 4.79 Å². The van der Waals surface area contributed by atoms with Crippen LogP contribution in [0.3, 0.4) is 0 Å². The van der Waals surface area contributed by atoms with E-state index in [1.807, 2.05) is 12.1 Å². The van der Waals surface area contributed by atoms with E-state index in [1.54, 1.807) is 29.2 Å². The summed E-state index contributed by atoms with van der Waals surface area (Å²) in [6.45, 7) is 1.79. The lowest BCUT2D eigenvalue weighted by molar-refractivity contribution is -0.117. The molecule has 6 nitrogen and oxygen atoms in total. The third-order valence-corrected chi connectivity index (χ3v) is 4.86. The number of fused-ring (bicyclic) bond motifs is 1. The fraction of sp³-hybridized carbons (Fsp3) is 0.300. The zero-order valence-electron chi connectivity index (χ0n) is 14.7. The molecule has 2 heterocycles. The zero-order valence-corrected chi connectivity index (χ0v) is 15.4. The number of carbonyl (C=O) groups excluding carboxylic acids is 2. The molecular formula is C20H19ClN2O4. The Kier molecular flexibility index (Phi) is 4.90. The van der Waals surface area contributed by atoms with Crippen LogP contribution in [0.5, 0.6) is 11.5 Å². The van der Waals surface area contributed by atoms with E-state index < -0.39 is 0 Å². The lowest BCUT2D eigenvalue weighted by Gasteiger charge is -2.16. The first-order chi connectivity index (χ1) is 13.1. The third-order valence-electron chi connectivity index (χ3n) is 4.57. The highest BCUT2D eigenvalue weighted by molar-refractivity contribution is 6.32. The molecule has 2 aromatic rings. The summed E-state index contributed by atoms with van der Waals surface area (Å²) in [6.07, 6.45) is 2.23. The molecule has 0 unspecified atom stereocenters. The van der Waals surface area contributed by atoms with E-state index in [1.165, 1.54) is 0 Å². The van der Waals surface area contributed by atoms with E-state index in [0.29, 0.717) is 47.4 Å². The molecule has 0 radical (unpaired) electrons. The Bertz CT molecular complexity index is 882. The standard InChI is InChI=1S/C20H19ClN2O4/c21-16-11-13(12-17-19(16)27-10-2-9-26-17)20(25)22-14-4-6-15(7-5-14)23-8-1-3-18(23)24/h4-7,11-12H,1-3,8-10H2,(H,22,25). The maximum Gasteiger partial charge on any atom is 0.255 e. The lowest BCUT2D eigenvalue weighted by atomic mass is 10.1. The number of rotatable bonds is 3. The van der Waals surface area contributed by atoms with Crippen molar-refractivity contribution in [2.24, 2.45) is 0 Å². The molecule has 0 bridgehead atoms. The summed E-state index contributed by atoms with van der Waals surface area (Å²) >= 11 is 6.25. The van der Waals surface area contributed by atoms with Crippen LogP contribution in [0, 0.1) is 0 Å². The van der Waals surface area contributed by atoms with Crippen LogP contribution < -0.4 is 19.7 Å². The number of hydrogen-bond acceptors (Lipinski definition) is 4. The fourth-order valence-electron chi connectivity index (χ4n) is 3.21. The Morgan fingerprint density at radius 3 is 2.59 bits per heavy atom. The van der Waals surface area contributed by atoms with Crippen molar-refractivity contribution in [3.05, 3.63) is 47.0 Å². The predicted molar refractivity (Wildman–Crippen MR) is 103 cm³/mol. The summed E-state index contributed by atoms with van der Waals surface area (Å²) in [4.78, 5) is 26.2. The van der Waals surface area contributed by atoms with Gasteiger partial charge in [-0.05, 0) is 42.8 Å². The molecule has 1 N–H and O–H groups in total. The van der Waals surface area contributed by atoms with Gasteiger partial charge in [-0.25, -0.2) is 0 Å². The average molecular weight is 387 g/mol. The molecule has 1 saturated heterocycles. The molecule has 27 heavy (non-hydrogen) atoms. The highest BCUT2D eigenvalue weighted by Crippen LogP contribution is 2.38. The van der Waals surface area contributed by atoms with Gasteiger partial charge in [-0.15, -0.1) is 0 Å². The Labute approximate surface area is 162 Å². The van der Waals surface area contributed by atoms with Gasteiger partial charge in [-0.3, -0.25) is 9.59 Å². The largest absolute Gasteiger partial charge is 0.489 e. The molecule has 0 aromatic heterocycles. The van der Waals surface area contributed by atoms with Crippen molar-refractivity contribution < 1.29 is 19.1 Å². The van der Waals surface area contributed by atoms with E-state index in [0.717, 1.165) is 25.1 Å². The van der Waals surface area contributed by atoms with Gasteiger partial charge in [0.1, 0.15) is 0 Å². The third kappa shape index (κ3) is 3.71. The van der Waals surface area contributed by atoms with Crippen molar-refractivity contribution in [1.82, 2.24) is 0 Å². The molecule has 0 saturated carbocycles. The van der Waals surface area contributed by atoms with E-state index >= 15 is 0 Å². The number of carbonyl (C=O) groups is 2. The molecule has 0 aliphatic carbocycles. The number of amides is 2. The van der Waals surface area contributed by atoms with Crippen molar-refractivity contribution in [2.75, 3.05) is 30.0 Å². The summed E-state index contributed by atoms with van der Waals surface area (Å²) in [5, 5.41) is 3.19. The van der Waals surface area contributed by atoms with Crippen molar-refractivity contribution in [3.63, 3.8) is 0 Å². The molecule has 4 rings (SSSR count). The highest BCUT2D eigenvalue weighted by Gasteiger charge is 2.22. The van der Waals surface area contributed by atoms with Crippen molar-refractivity contribution >= 4 is 34.8 Å². The summed E-state index contributed by atoms with van der Waals surface area (Å²) in [5.41, 5.74) is 1.87. The van der Waals surface area contributed by atoms with Crippen LogP contribution in [0.25, 0.3) is 0 Å². The minimum absolute atomic E-state index is 0.133. The second kappa shape index (κ2) is 7.48. The first-order valence-corrected chi connectivity index (χ1v) is 9.30. The SMILES string of the molecule is O=C(Nc1ccc(N2CCCC2=O)cc1)c1cc(Cl)c2c(c1)OCCCO2. The number of nitrogens with zero attached hydrogens (tertiary/aromatic N) is 1. The monoisotopic (exact) mass is 386 g/mol. The van der Waals surface area contributed by atoms with Crippen LogP contribution in [0.2, 0.25) is 5.02 Å². The fourth-order valence-corrected chi connectivity index (χ4v) is 3.48. The number of halogens is 1. The Hall–Kier alpha value is -2.73. The van der Waals surface area contributed by atoms with E-state index in [-0.39, 0.29) is 11.8 Å². The first kappa shape index (κ1) is 17.7. The van der Waals surface area contributed by atoms with Crippen LogP contribution in [0.1, 0.15) is 29.6 Å². The normalized spacial score (nSPS) is 16.2. The second-order valence-electron chi connectivity index (χ2n) is 6.49. The molecule has 140 valence electrons. The summed E-state index contributed by atoms with van der Waals surface area (Å²) < 4.78 is 11.2. The van der Waals surface area contributed by atoms with Gasteiger partial charge in [0.15, 0.2) is 11.5 Å². The minimum Gasteiger partial charge on any atom is -0.489 e. The van der Waals surface area contributed by atoms with Crippen molar-refractivity contribution in [1.29, 1.82) is 0 Å². The van der Waals surface area contributed by atoms with Gasteiger partial charge < -0.3 is 19.7 Å². The molecule has 2 amide bonds. The molecule has 2 aliphatic rings. The quantitative estimate of drug-likeness (QED) is 0.869. The maximum absolute atomic E-state index is 12.6. The van der Waals surface area contributed by atoms with Crippen LogP contribution in [-0.4, -0.2) is 31.6 Å². The average Bonchev–Trinajstić information content (AvgIpc) is 2.94.